The van der Waals surface area contributed by atoms with Crippen molar-refractivity contribution < 1.29 is 9.53 Å². The summed E-state index contributed by atoms with van der Waals surface area (Å²) >= 11 is 0. The van der Waals surface area contributed by atoms with E-state index in [1.54, 1.807) is 6.33 Å². The number of hydrogen-bond acceptors (Lipinski definition) is 4. The summed E-state index contributed by atoms with van der Waals surface area (Å²) in [6.07, 6.45) is 6.30. The van der Waals surface area contributed by atoms with E-state index in [9.17, 15) is 4.79 Å². The van der Waals surface area contributed by atoms with Gasteiger partial charge in [0.2, 0.25) is 0 Å². The van der Waals surface area contributed by atoms with Gasteiger partial charge in [-0.15, -0.1) is 0 Å². The van der Waals surface area contributed by atoms with Gasteiger partial charge in [0, 0.05) is 51.2 Å². The van der Waals surface area contributed by atoms with Crippen LogP contribution in [-0.2, 0) is 16.1 Å². The topological polar surface area (TPSA) is 61.5 Å². The van der Waals surface area contributed by atoms with E-state index >= 15 is 0 Å². The molecule has 0 saturated carbocycles. The second-order valence-corrected chi connectivity index (χ2v) is 5.53. The molecule has 3 rings (SSSR count). The maximum Gasteiger partial charge on any atom is 0.251 e. The van der Waals surface area contributed by atoms with E-state index < -0.39 is 0 Å². The standard InChI is InChI=1S/C14H22N4O2/c19-14(13-3-1-8-20-13)18-5-2-4-17(6-7-18)10-12-9-15-11-16-12/h9,11,13H,1-8,10H2,(H,15,16). The molecule has 3 heterocycles. The maximum atomic E-state index is 12.3. The molecule has 110 valence electrons. The molecule has 2 aliphatic rings. The molecule has 0 bridgehead atoms. The van der Waals surface area contributed by atoms with Gasteiger partial charge >= 0.3 is 0 Å². The van der Waals surface area contributed by atoms with Gasteiger partial charge in [-0.1, -0.05) is 0 Å². The first-order chi connectivity index (χ1) is 9.83. The van der Waals surface area contributed by atoms with Crippen molar-refractivity contribution in [2.24, 2.45) is 0 Å². The zero-order chi connectivity index (χ0) is 13.8. The van der Waals surface area contributed by atoms with Crippen LogP contribution in [0.1, 0.15) is 25.0 Å². The predicted molar refractivity (Wildman–Crippen MR) is 74.0 cm³/mol. The number of aromatic amines is 1. The average Bonchev–Trinajstić information content (AvgIpc) is 3.10. The number of ether oxygens (including phenoxy) is 1. The highest BCUT2D eigenvalue weighted by molar-refractivity contribution is 5.81. The van der Waals surface area contributed by atoms with Crippen molar-refractivity contribution in [3.8, 4) is 0 Å². The fourth-order valence-electron chi connectivity index (χ4n) is 2.94. The van der Waals surface area contributed by atoms with E-state index in [1.807, 2.05) is 11.1 Å². The highest BCUT2D eigenvalue weighted by Crippen LogP contribution is 2.16. The Hall–Kier alpha value is -1.40. The molecule has 6 heteroatoms. The lowest BCUT2D eigenvalue weighted by Crippen LogP contribution is -2.41. The van der Waals surface area contributed by atoms with Gasteiger partial charge in [0.1, 0.15) is 6.10 Å². The van der Waals surface area contributed by atoms with Crippen LogP contribution in [0, 0.1) is 0 Å². The van der Waals surface area contributed by atoms with E-state index in [4.69, 9.17) is 4.74 Å². The lowest BCUT2D eigenvalue weighted by molar-refractivity contribution is -0.140. The first-order valence-electron chi connectivity index (χ1n) is 7.43. The Kier molecular flexibility index (Phi) is 4.32. The maximum absolute atomic E-state index is 12.3. The van der Waals surface area contributed by atoms with Gasteiger partial charge in [-0.05, 0) is 19.3 Å². The minimum Gasteiger partial charge on any atom is -0.368 e. The van der Waals surface area contributed by atoms with Gasteiger partial charge in [-0.25, -0.2) is 4.98 Å². The Morgan fingerprint density at radius 3 is 3.05 bits per heavy atom. The van der Waals surface area contributed by atoms with Crippen LogP contribution in [0.15, 0.2) is 12.5 Å². The number of aromatic nitrogens is 2. The van der Waals surface area contributed by atoms with Crippen LogP contribution >= 0.6 is 0 Å². The number of carbonyl (C=O) groups is 1. The summed E-state index contributed by atoms with van der Waals surface area (Å²) in [6.45, 7) is 5.19. The van der Waals surface area contributed by atoms with Gasteiger partial charge in [0.25, 0.3) is 5.91 Å². The van der Waals surface area contributed by atoms with Gasteiger partial charge in [-0.2, -0.15) is 0 Å². The molecule has 1 unspecified atom stereocenters. The molecule has 2 fully saturated rings. The smallest absolute Gasteiger partial charge is 0.251 e. The molecule has 20 heavy (non-hydrogen) atoms. The molecule has 0 spiro atoms. The van der Waals surface area contributed by atoms with Crippen molar-refractivity contribution in [1.29, 1.82) is 0 Å². The number of amides is 1. The van der Waals surface area contributed by atoms with Crippen molar-refractivity contribution in [1.82, 2.24) is 19.8 Å². The number of hydrogen-bond donors (Lipinski definition) is 1. The molecular formula is C14H22N4O2. The first kappa shape index (κ1) is 13.6. The molecule has 0 radical (unpaired) electrons. The third-order valence-corrected chi connectivity index (χ3v) is 4.05. The summed E-state index contributed by atoms with van der Waals surface area (Å²) < 4.78 is 5.50. The van der Waals surface area contributed by atoms with Crippen LogP contribution in [-0.4, -0.2) is 64.6 Å². The molecular weight excluding hydrogens is 256 g/mol. The van der Waals surface area contributed by atoms with Crippen molar-refractivity contribution in [3.63, 3.8) is 0 Å². The second-order valence-electron chi connectivity index (χ2n) is 5.53. The molecule has 0 aliphatic carbocycles. The fourth-order valence-corrected chi connectivity index (χ4v) is 2.94. The molecule has 1 amide bonds. The number of nitrogens with zero attached hydrogens (tertiary/aromatic N) is 3. The monoisotopic (exact) mass is 278 g/mol. The minimum atomic E-state index is -0.186. The molecule has 1 aromatic heterocycles. The Bertz CT molecular complexity index is 428. The number of nitrogens with one attached hydrogen (secondary N) is 1. The van der Waals surface area contributed by atoms with Gasteiger partial charge < -0.3 is 14.6 Å². The molecule has 6 nitrogen and oxygen atoms in total. The summed E-state index contributed by atoms with van der Waals surface area (Å²) in [6, 6.07) is 0. The molecule has 1 N–H and O–H groups in total. The summed E-state index contributed by atoms with van der Waals surface area (Å²) in [4.78, 5) is 23.9. The Labute approximate surface area is 119 Å². The minimum absolute atomic E-state index is 0.186. The van der Waals surface area contributed by atoms with Crippen LogP contribution < -0.4 is 0 Å². The Morgan fingerprint density at radius 1 is 1.35 bits per heavy atom. The average molecular weight is 278 g/mol. The van der Waals surface area contributed by atoms with Crippen LogP contribution in [0.3, 0.4) is 0 Å². The van der Waals surface area contributed by atoms with Crippen LogP contribution in [0.25, 0.3) is 0 Å². The summed E-state index contributed by atoms with van der Waals surface area (Å²) in [5.74, 6) is 0.186. The fraction of sp³-hybridized carbons (Fsp3) is 0.714. The second kappa shape index (κ2) is 6.37. The molecule has 1 atom stereocenters. The van der Waals surface area contributed by atoms with Crippen molar-refractivity contribution >= 4 is 5.91 Å². The zero-order valence-electron chi connectivity index (χ0n) is 11.8. The quantitative estimate of drug-likeness (QED) is 0.880. The Balaban J connectivity index is 1.52. The van der Waals surface area contributed by atoms with Gasteiger partial charge in [0.15, 0.2) is 0 Å². The van der Waals surface area contributed by atoms with Crippen molar-refractivity contribution in [3.05, 3.63) is 18.2 Å². The van der Waals surface area contributed by atoms with Crippen LogP contribution in [0.5, 0.6) is 0 Å². The lowest BCUT2D eigenvalue weighted by atomic mass is 10.2. The van der Waals surface area contributed by atoms with Crippen molar-refractivity contribution in [2.75, 3.05) is 32.8 Å². The normalized spacial score (nSPS) is 24.8. The summed E-state index contributed by atoms with van der Waals surface area (Å²) in [5, 5.41) is 0. The largest absolute Gasteiger partial charge is 0.368 e. The van der Waals surface area contributed by atoms with Crippen molar-refractivity contribution in [2.45, 2.75) is 31.9 Å². The first-order valence-corrected chi connectivity index (χ1v) is 7.43. The van der Waals surface area contributed by atoms with E-state index in [0.717, 1.165) is 64.3 Å². The van der Waals surface area contributed by atoms with E-state index in [2.05, 4.69) is 14.9 Å². The predicted octanol–water partition coefficient (Wildman–Crippen LogP) is 0.623. The zero-order valence-corrected chi connectivity index (χ0v) is 11.8. The van der Waals surface area contributed by atoms with Gasteiger partial charge in [0.05, 0.1) is 6.33 Å². The number of imidazole rings is 1. The number of carbonyl (C=O) groups excluding carboxylic acids is 1. The van der Waals surface area contributed by atoms with Crippen LogP contribution in [0.2, 0.25) is 0 Å². The van der Waals surface area contributed by atoms with Gasteiger partial charge in [-0.3, -0.25) is 9.69 Å². The molecule has 2 aliphatic heterocycles. The SMILES string of the molecule is O=C(C1CCCO1)N1CCCN(Cc2cnc[nH]2)CC1. The third kappa shape index (κ3) is 3.19. The van der Waals surface area contributed by atoms with Crippen LogP contribution in [0.4, 0.5) is 0 Å². The number of rotatable bonds is 3. The molecule has 0 aromatic carbocycles. The van der Waals surface area contributed by atoms with E-state index in [1.165, 1.54) is 0 Å². The molecule has 2 saturated heterocycles. The Morgan fingerprint density at radius 2 is 2.30 bits per heavy atom. The third-order valence-electron chi connectivity index (χ3n) is 4.05. The van der Waals surface area contributed by atoms with E-state index in [-0.39, 0.29) is 12.0 Å². The highest BCUT2D eigenvalue weighted by atomic mass is 16.5. The summed E-state index contributed by atoms with van der Waals surface area (Å²) in [5.41, 5.74) is 1.13. The summed E-state index contributed by atoms with van der Waals surface area (Å²) in [7, 11) is 0. The lowest BCUT2D eigenvalue weighted by Gasteiger charge is -2.24. The van der Waals surface area contributed by atoms with E-state index in [0.29, 0.717) is 0 Å². The molecule has 1 aromatic rings. The number of H-pyrrole nitrogens is 1. The highest BCUT2D eigenvalue weighted by Gasteiger charge is 2.29.